The van der Waals surface area contributed by atoms with E-state index in [0.717, 1.165) is 11.3 Å². The maximum absolute atomic E-state index is 12.1. The van der Waals surface area contributed by atoms with Gasteiger partial charge in [-0.1, -0.05) is 35.3 Å². The van der Waals surface area contributed by atoms with Crippen molar-refractivity contribution < 1.29 is 4.79 Å². The van der Waals surface area contributed by atoms with Crippen LogP contribution in [0.2, 0.25) is 10.0 Å². The Labute approximate surface area is 160 Å². The lowest BCUT2D eigenvalue weighted by Crippen LogP contribution is -2.19. The molecule has 0 unspecified atom stereocenters. The summed E-state index contributed by atoms with van der Waals surface area (Å²) >= 11 is 13.2. The van der Waals surface area contributed by atoms with Crippen LogP contribution in [0, 0.1) is 0 Å². The molecule has 3 rings (SSSR count). The zero-order chi connectivity index (χ0) is 18.0. The molecule has 1 aliphatic rings. The van der Waals surface area contributed by atoms with Crippen molar-refractivity contribution >= 4 is 63.5 Å². The number of anilines is 1. The molecular formula is C18H15Cl2N3OS. The fourth-order valence-electron chi connectivity index (χ4n) is 2.17. The molecule has 0 saturated carbocycles. The van der Waals surface area contributed by atoms with Gasteiger partial charge in [0, 0.05) is 19.8 Å². The van der Waals surface area contributed by atoms with Crippen molar-refractivity contribution in [2.24, 2.45) is 4.99 Å². The van der Waals surface area contributed by atoms with Gasteiger partial charge < -0.3 is 10.2 Å². The molecule has 128 valence electrons. The molecule has 7 heteroatoms. The van der Waals surface area contributed by atoms with E-state index in [1.165, 1.54) is 11.8 Å². The molecule has 1 heterocycles. The molecule has 0 radical (unpaired) electrons. The second-order valence-electron chi connectivity index (χ2n) is 5.57. The molecule has 2 aromatic rings. The Hall–Kier alpha value is -1.95. The number of aliphatic imine (C=N–C) groups is 1. The van der Waals surface area contributed by atoms with Crippen molar-refractivity contribution in [2.45, 2.75) is 0 Å². The van der Waals surface area contributed by atoms with Gasteiger partial charge in [0.05, 0.1) is 20.6 Å². The van der Waals surface area contributed by atoms with E-state index >= 15 is 0 Å². The number of hydrogen-bond donors (Lipinski definition) is 1. The molecule has 25 heavy (non-hydrogen) atoms. The highest BCUT2D eigenvalue weighted by atomic mass is 35.5. The fourth-order valence-corrected chi connectivity index (χ4v) is 3.31. The Bertz CT molecular complexity index is 876. The average Bonchev–Trinajstić information content (AvgIpc) is 2.91. The van der Waals surface area contributed by atoms with Gasteiger partial charge in [-0.2, -0.15) is 0 Å². The second kappa shape index (κ2) is 7.52. The van der Waals surface area contributed by atoms with Crippen LogP contribution in [0.3, 0.4) is 0 Å². The smallest absolute Gasteiger partial charge is 0.264 e. The van der Waals surface area contributed by atoms with Gasteiger partial charge in [0.25, 0.3) is 5.91 Å². The fraction of sp³-hybridized carbons (Fsp3) is 0.111. The van der Waals surface area contributed by atoms with E-state index in [1.54, 1.807) is 18.2 Å². The summed E-state index contributed by atoms with van der Waals surface area (Å²) in [4.78, 5) is 19.2. The minimum atomic E-state index is -0.166. The van der Waals surface area contributed by atoms with Crippen molar-refractivity contribution in [1.82, 2.24) is 5.32 Å². The van der Waals surface area contributed by atoms with E-state index in [-0.39, 0.29) is 5.91 Å². The number of rotatable bonds is 3. The van der Waals surface area contributed by atoms with Crippen molar-refractivity contribution in [2.75, 3.05) is 19.0 Å². The first kappa shape index (κ1) is 17.9. The van der Waals surface area contributed by atoms with Crippen LogP contribution in [0.1, 0.15) is 5.56 Å². The molecule has 1 aliphatic heterocycles. The number of carbonyl (C=O) groups is 1. The van der Waals surface area contributed by atoms with Crippen LogP contribution in [0.4, 0.5) is 11.4 Å². The quantitative estimate of drug-likeness (QED) is 0.752. The van der Waals surface area contributed by atoms with Crippen molar-refractivity contribution in [3.63, 3.8) is 0 Å². The highest BCUT2D eigenvalue weighted by molar-refractivity contribution is 8.18. The third-order valence-electron chi connectivity index (χ3n) is 3.49. The first-order valence-electron chi connectivity index (χ1n) is 7.44. The lowest BCUT2D eigenvalue weighted by Gasteiger charge is -2.11. The summed E-state index contributed by atoms with van der Waals surface area (Å²) in [5.41, 5.74) is 2.69. The number of amidine groups is 1. The van der Waals surface area contributed by atoms with Crippen LogP contribution < -0.4 is 10.2 Å². The molecular weight excluding hydrogens is 377 g/mol. The summed E-state index contributed by atoms with van der Waals surface area (Å²) in [6, 6.07) is 13.0. The van der Waals surface area contributed by atoms with Crippen LogP contribution in [-0.4, -0.2) is 25.2 Å². The Morgan fingerprint density at radius 2 is 1.80 bits per heavy atom. The minimum absolute atomic E-state index is 0.166. The van der Waals surface area contributed by atoms with Crippen molar-refractivity contribution in [3.05, 3.63) is 63.0 Å². The van der Waals surface area contributed by atoms with Gasteiger partial charge in [-0.3, -0.25) is 4.79 Å². The van der Waals surface area contributed by atoms with Gasteiger partial charge in [-0.25, -0.2) is 4.99 Å². The van der Waals surface area contributed by atoms with Gasteiger partial charge >= 0.3 is 0 Å². The third-order valence-corrected chi connectivity index (χ3v) is 5.14. The van der Waals surface area contributed by atoms with Crippen molar-refractivity contribution in [3.8, 4) is 0 Å². The average molecular weight is 392 g/mol. The van der Waals surface area contributed by atoms with E-state index in [4.69, 9.17) is 23.2 Å². The van der Waals surface area contributed by atoms with E-state index in [2.05, 4.69) is 10.3 Å². The van der Waals surface area contributed by atoms with Gasteiger partial charge in [0.2, 0.25) is 0 Å². The molecule has 1 amide bonds. The number of amides is 1. The van der Waals surface area contributed by atoms with E-state index in [0.29, 0.717) is 25.8 Å². The second-order valence-corrected chi connectivity index (χ2v) is 7.41. The predicted octanol–water partition coefficient (Wildman–Crippen LogP) is 4.95. The van der Waals surface area contributed by atoms with Crippen LogP contribution in [0.15, 0.2) is 52.4 Å². The summed E-state index contributed by atoms with van der Waals surface area (Å²) in [6.45, 7) is 0. The van der Waals surface area contributed by atoms with Gasteiger partial charge in [-0.15, -0.1) is 0 Å². The van der Waals surface area contributed by atoms with E-state index in [9.17, 15) is 4.79 Å². The number of hydrogen-bond acceptors (Lipinski definition) is 4. The highest BCUT2D eigenvalue weighted by Crippen LogP contribution is 2.31. The Morgan fingerprint density at radius 1 is 1.08 bits per heavy atom. The molecule has 0 spiro atoms. The lowest BCUT2D eigenvalue weighted by atomic mass is 10.2. The molecule has 1 fully saturated rings. The summed E-state index contributed by atoms with van der Waals surface area (Å²) in [5, 5.41) is 4.16. The first-order chi connectivity index (χ1) is 11.9. The highest BCUT2D eigenvalue weighted by Gasteiger charge is 2.23. The summed E-state index contributed by atoms with van der Waals surface area (Å²) in [5.74, 6) is -0.166. The summed E-state index contributed by atoms with van der Waals surface area (Å²) in [7, 11) is 3.97. The zero-order valence-electron chi connectivity index (χ0n) is 13.6. The summed E-state index contributed by atoms with van der Waals surface area (Å²) in [6.07, 6.45) is 1.84. The largest absolute Gasteiger partial charge is 0.378 e. The number of halogens is 2. The topological polar surface area (TPSA) is 44.7 Å². The molecule has 0 bridgehead atoms. The number of nitrogens with one attached hydrogen (secondary N) is 1. The minimum Gasteiger partial charge on any atom is -0.378 e. The Kier molecular flexibility index (Phi) is 5.37. The van der Waals surface area contributed by atoms with Crippen LogP contribution in [0.25, 0.3) is 6.08 Å². The van der Waals surface area contributed by atoms with E-state index < -0.39 is 0 Å². The number of nitrogens with zero attached hydrogens (tertiary/aromatic N) is 2. The van der Waals surface area contributed by atoms with E-state index in [1.807, 2.05) is 49.3 Å². The van der Waals surface area contributed by atoms with Crippen LogP contribution >= 0.6 is 35.0 Å². The normalized spacial score (nSPS) is 17.2. The third kappa shape index (κ3) is 4.37. The molecule has 2 aromatic carbocycles. The molecule has 4 nitrogen and oxygen atoms in total. The van der Waals surface area contributed by atoms with Gasteiger partial charge in [-0.05, 0) is 53.7 Å². The molecule has 1 N–H and O–H groups in total. The zero-order valence-corrected chi connectivity index (χ0v) is 15.9. The molecule has 0 atom stereocenters. The number of benzene rings is 2. The molecule has 0 aromatic heterocycles. The SMILES string of the molecule is CN(C)c1ccc(/C=C2/SC(=Nc3ccc(Cl)c(Cl)c3)NC2=O)cc1. The molecule has 0 aliphatic carbocycles. The standard InChI is InChI=1S/C18H15Cl2N3OS/c1-23(2)13-6-3-11(4-7-13)9-16-17(24)22-18(25-16)21-12-5-8-14(19)15(20)10-12/h3-10H,1-2H3,(H,21,22,24)/b16-9+. The monoisotopic (exact) mass is 391 g/mol. The number of thioether (sulfide) groups is 1. The Morgan fingerprint density at radius 3 is 2.44 bits per heavy atom. The van der Waals surface area contributed by atoms with Crippen LogP contribution in [0.5, 0.6) is 0 Å². The maximum atomic E-state index is 12.1. The van der Waals surface area contributed by atoms with Crippen LogP contribution in [-0.2, 0) is 4.79 Å². The number of carbonyl (C=O) groups excluding carboxylic acids is 1. The Balaban J connectivity index is 1.79. The first-order valence-corrected chi connectivity index (χ1v) is 9.01. The molecule has 1 saturated heterocycles. The summed E-state index contributed by atoms with van der Waals surface area (Å²) < 4.78 is 0. The maximum Gasteiger partial charge on any atom is 0.264 e. The van der Waals surface area contributed by atoms with Gasteiger partial charge in [0.15, 0.2) is 5.17 Å². The van der Waals surface area contributed by atoms with Gasteiger partial charge in [0.1, 0.15) is 0 Å². The van der Waals surface area contributed by atoms with Crippen molar-refractivity contribution in [1.29, 1.82) is 0 Å². The lowest BCUT2D eigenvalue weighted by molar-refractivity contribution is -0.115. The predicted molar refractivity (Wildman–Crippen MR) is 108 cm³/mol.